The summed E-state index contributed by atoms with van der Waals surface area (Å²) in [6.45, 7) is 4.72. The van der Waals surface area contributed by atoms with E-state index in [-0.39, 0.29) is 5.41 Å². The van der Waals surface area contributed by atoms with Gasteiger partial charge in [-0.05, 0) is 165 Å². The second-order valence-electron chi connectivity index (χ2n) is 17.6. The average molecular weight is 757 g/mol. The van der Waals surface area contributed by atoms with Crippen LogP contribution in [0.3, 0.4) is 0 Å². The Labute approximate surface area is 347 Å². The van der Waals surface area contributed by atoms with E-state index >= 15 is 0 Å². The molecule has 0 amide bonds. The van der Waals surface area contributed by atoms with Crippen molar-refractivity contribution < 1.29 is 0 Å². The molecule has 0 nitrogen and oxygen atoms in total. The second-order valence-corrected chi connectivity index (χ2v) is 17.6. The molecule has 3 aliphatic carbocycles. The molecule has 59 heavy (non-hydrogen) atoms. The summed E-state index contributed by atoms with van der Waals surface area (Å²) in [5, 5.41) is 10.9. The minimum atomic E-state index is -0.0204. The third kappa shape index (κ3) is 5.15. The third-order valence-electron chi connectivity index (χ3n) is 14.4. The van der Waals surface area contributed by atoms with Crippen LogP contribution in [-0.2, 0) is 11.8 Å². The third-order valence-corrected chi connectivity index (χ3v) is 14.4. The molecule has 3 aliphatic rings. The molecule has 0 aliphatic heterocycles. The van der Waals surface area contributed by atoms with Gasteiger partial charge in [0.05, 0.1) is 0 Å². The zero-order valence-corrected chi connectivity index (χ0v) is 34.2. The van der Waals surface area contributed by atoms with Crippen LogP contribution in [0.1, 0.15) is 86.6 Å². The number of rotatable bonds is 9. The van der Waals surface area contributed by atoms with Gasteiger partial charge in [-0.1, -0.05) is 179 Å². The maximum atomic E-state index is 2.62. The zero-order chi connectivity index (χ0) is 39.2. The molecule has 0 bridgehead atoms. The molecule has 0 fully saturated rings. The van der Waals surface area contributed by atoms with E-state index in [0.29, 0.717) is 0 Å². The van der Waals surface area contributed by atoms with Crippen LogP contribution in [0.4, 0.5) is 0 Å². The van der Waals surface area contributed by atoms with Gasteiger partial charge in [-0.3, -0.25) is 0 Å². The Morgan fingerprint density at radius 3 is 1.83 bits per heavy atom. The van der Waals surface area contributed by atoms with Crippen molar-refractivity contribution >= 4 is 54.7 Å². The van der Waals surface area contributed by atoms with Crippen molar-refractivity contribution in [3.63, 3.8) is 0 Å². The number of benzene rings is 9. The lowest BCUT2D eigenvalue weighted by molar-refractivity contribution is 0.414. The SMILES string of the molecule is CCCCC1(CCCC)c2cc(-c3cccc(-c4ccc5ccc6cccc7ccc4c5c67)c3)ccc2-c2ccc(-c3ccc4c5c6c(ccc35)C=CCC6=CC4)cc21. The molecule has 12 rings (SSSR count). The molecule has 284 valence electrons. The quantitative estimate of drug-likeness (QED) is 0.129. The standard InChI is InChI=1S/C59H48/c1-3-5-32-59(33-6-4-2)53-35-44(43-14-9-15-45(34-43)47-26-20-41-18-16-37-10-7-12-39-22-30-51(47)57(41)55(37)39)24-28-49(53)50-29-25-46(36-54(50)59)48-27-21-42-19-17-38-11-8-13-40-23-31-52(48)58(42)56(38)40/h7-10,12-18,20-31,34-36H,3-6,11,19,32-33H2,1-2H3. The fourth-order valence-electron chi connectivity index (χ4n) is 11.6. The molecule has 0 radical (unpaired) electrons. The van der Waals surface area contributed by atoms with Crippen LogP contribution in [-0.4, -0.2) is 0 Å². The van der Waals surface area contributed by atoms with E-state index < -0.39 is 0 Å². The Morgan fingerprint density at radius 2 is 1.05 bits per heavy atom. The summed E-state index contributed by atoms with van der Waals surface area (Å²) in [5.41, 5.74) is 19.6. The van der Waals surface area contributed by atoms with Gasteiger partial charge in [-0.2, -0.15) is 0 Å². The first kappa shape index (κ1) is 34.8. The van der Waals surface area contributed by atoms with Crippen molar-refractivity contribution in [3.05, 3.63) is 179 Å². The highest BCUT2D eigenvalue weighted by Crippen LogP contribution is 2.56. The minimum Gasteiger partial charge on any atom is -0.0795 e. The van der Waals surface area contributed by atoms with Gasteiger partial charge in [0.1, 0.15) is 0 Å². The van der Waals surface area contributed by atoms with Crippen LogP contribution in [0, 0.1) is 0 Å². The highest BCUT2D eigenvalue weighted by molar-refractivity contribution is 6.25. The van der Waals surface area contributed by atoms with E-state index in [2.05, 4.69) is 172 Å². The molecule has 0 heterocycles. The van der Waals surface area contributed by atoms with Crippen molar-refractivity contribution in [3.8, 4) is 44.5 Å². The van der Waals surface area contributed by atoms with Crippen LogP contribution in [0.15, 0.2) is 152 Å². The van der Waals surface area contributed by atoms with E-state index in [4.69, 9.17) is 0 Å². The maximum absolute atomic E-state index is 2.62. The van der Waals surface area contributed by atoms with Gasteiger partial charge in [0.25, 0.3) is 0 Å². The smallest absolute Gasteiger partial charge is 0.0215 e. The van der Waals surface area contributed by atoms with Gasteiger partial charge in [0, 0.05) is 5.41 Å². The molecular weight excluding hydrogens is 709 g/mol. The van der Waals surface area contributed by atoms with Crippen molar-refractivity contribution in [2.24, 2.45) is 0 Å². The van der Waals surface area contributed by atoms with Crippen LogP contribution < -0.4 is 0 Å². The monoisotopic (exact) mass is 756 g/mol. The van der Waals surface area contributed by atoms with Gasteiger partial charge in [-0.15, -0.1) is 0 Å². The van der Waals surface area contributed by atoms with Crippen LogP contribution >= 0.6 is 0 Å². The Morgan fingerprint density at radius 1 is 0.475 bits per heavy atom. The lowest BCUT2D eigenvalue weighted by Gasteiger charge is -2.33. The summed E-state index contributed by atoms with van der Waals surface area (Å²) in [6, 6.07) is 54.4. The Kier molecular flexibility index (Phi) is 7.90. The van der Waals surface area contributed by atoms with Gasteiger partial charge in [0.2, 0.25) is 0 Å². The minimum absolute atomic E-state index is 0.0204. The second kappa shape index (κ2) is 13.4. The molecular formula is C59H48. The zero-order valence-electron chi connectivity index (χ0n) is 34.2. The normalized spacial score (nSPS) is 14.7. The van der Waals surface area contributed by atoms with Crippen LogP contribution in [0.25, 0.3) is 99.2 Å². The highest BCUT2D eigenvalue weighted by Gasteiger charge is 2.42. The van der Waals surface area contributed by atoms with E-state index in [1.165, 1.54) is 160 Å². The Balaban J connectivity index is 0.993. The van der Waals surface area contributed by atoms with Crippen LogP contribution in [0.5, 0.6) is 0 Å². The van der Waals surface area contributed by atoms with Gasteiger partial charge < -0.3 is 0 Å². The van der Waals surface area contributed by atoms with E-state index in [1.807, 2.05) is 0 Å². The highest BCUT2D eigenvalue weighted by atomic mass is 14.5. The first-order chi connectivity index (χ1) is 29.1. The largest absolute Gasteiger partial charge is 0.0795 e. The predicted molar refractivity (Wildman–Crippen MR) is 255 cm³/mol. The summed E-state index contributed by atoms with van der Waals surface area (Å²) in [5.74, 6) is 0. The molecule has 0 aromatic heterocycles. The van der Waals surface area contributed by atoms with E-state index in [1.54, 1.807) is 0 Å². The van der Waals surface area contributed by atoms with E-state index in [9.17, 15) is 0 Å². The van der Waals surface area contributed by atoms with Crippen molar-refractivity contribution in [1.82, 2.24) is 0 Å². The van der Waals surface area contributed by atoms with Crippen molar-refractivity contribution in [2.45, 2.75) is 70.6 Å². The fraction of sp³-hybridized carbons (Fsp3) is 0.186. The number of hydrogen-bond acceptors (Lipinski definition) is 0. The molecule has 0 N–H and O–H groups in total. The number of unbranched alkanes of at least 4 members (excludes halogenated alkanes) is 2. The number of fused-ring (bicyclic) bond motifs is 3. The average Bonchev–Trinajstić information content (AvgIpc) is 3.56. The molecule has 0 saturated heterocycles. The first-order valence-corrected chi connectivity index (χ1v) is 22.2. The lowest BCUT2D eigenvalue weighted by atomic mass is 9.70. The number of hydrogen-bond donors (Lipinski definition) is 0. The molecule has 0 saturated carbocycles. The summed E-state index contributed by atoms with van der Waals surface area (Å²) >= 11 is 0. The molecule has 9 aromatic carbocycles. The van der Waals surface area contributed by atoms with Crippen LogP contribution in [0.2, 0.25) is 0 Å². The molecule has 9 aromatic rings. The Hall–Kier alpha value is -6.24. The predicted octanol–water partition coefficient (Wildman–Crippen LogP) is 16.7. The summed E-state index contributed by atoms with van der Waals surface area (Å²) in [4.78, 5) is 0. The molecule has 0 atom stereocenters. The molecule has 0 heteroatoms. The van der Waals surface area contributed by atoms with Gasteiger partial charge in [-0.25, -0.2) is 0 Å². The summed E-state index contributed by atoms with van der Waals surface area (Å²) < 4.78 is 0. The molecule has 0 spiro atoms. The lowest BCUT2D eigenvalue weighted by Crippen LogP contribution is -2.25. The van der Waals surface area contributed by atoms with Gasteiger partial charge in [0.15, 0.2) is 0 Å². The topological polar surface area (TPSA) is 0 Å². The van der Waals surface area contributed by atoms with Crippen molar-refractivity contribution in [1.29, 1.82) is 0 Å². The summed E-state index contributed by atoms with van der Waals surface area (Å²) in [6.07, 6.45) is 16.3. The summed E-state index contributed by atoms with van der Waals surface area (Å²) in [7, 11) is 0. The van der Waals surface area contributed by atoms with Gasteiger partial charge >= 0.3 is 0 Å². The number of allylic oxidation sites excluding steroid dienone is 3. The first-order valence-electron chi connectivity index (χ1n) is 22.2. The molecule has 0 unspecified atom stereocenters. The van der Waals surface area contributed by atoms with Crippen molar-refractivity contribution in [2.75, 3.05) is 0 Å². The fourth-order valence-corrected chi connectivity index (χ4v) is 11.6. The maximum Gasteiger partial charge on any atom is 0.0215 e. The Bertz CT molecular complexity index is 3210. The van der Waals surface area contributed by atoms with E-state index in [0.717, 1.165) is 12.8 Å².